The Hall–Kier alpha value is -0.350. The van der Waals surface area contributed by atoms with Gasteiger partial charge < -0.3 is 5.73 Å². The van der Waals surface area contributed by atoms with Gasteiger partial charge in [0.15, 0.2) is 0 Å². The number of nitrogens with zero attached hydrogens (tertiary/aromatic N) is 1. The third kappa shape index (κ3) is 1.08. The minimum atomic E-state index is 0.113. The molecule has 72 valence electrons. The standard InChI is InChI=1S/C9H14BrN3/c1-8(2)4-9(8,5-11)7-6(10)3-12-13-7/h3H,4-5,11H2,1-2H3,(H,12,13). The average Bonchev–Trinajstić information content (AvgIpc) is 2.43. The van der Waals surface area contributed by atoms with E-state index in [1.54, 1.807) is 6.20 Å². The maximum Gasteiger partial charge on any atom is 0.0632 e. The fourth-order valence-electron chi connectivity index (χ4n) is 2.19. The Kier molecular flexibility index (Phi) is 1.83. The number of nitrogens with two attached hydrogens (primary N) is 1. The Labute approximate surface area is 86.2 Å². The topological polar surface area (TPSA) is 54.7 Å². The molecule has 1 fully saturated rings. The van der Waals surface area contributed by atoms with Crippen LogP contribution in [0.5, 0.6) is 0 Å². The second-order valence-electron chi connectivity index (χ2n) is 4.44. The normalized spacial score (nSPS) is 30.5. The number of aromatic nitrogens is 2. The van der Waals surface area contributed by atoms with Crippen LogP contribution in [0.3, 0.4) is 0 Å². The number of hydrogen-bond acceptors (Lipinski definition) is 2. The number of H-pyrrole nitrogens is 1. The zero-order valence-electron chi connectivity index (χ0n) is 7.89. The number of hydrogen-bond donors (Lipinski definition) is 2. The van der Waals surface area contributed by atoms with Crippen LogP contribution in [0, 0.1) is 5.41 Å². The second kappa shape index (κ2) is 2.58. The van der Waals surface area contributed by atoms with Crippen molar-refractivity contribution in [1.82, 2.24) is 10.2 Å². The smallest absolute Gasteiger partial charge is 0.0632 e. The summed E-state index contributed by atoms with van der Waals surface area (Å²) in [6, 6.07) is 0. The molecule has 0 saturated heterocycles. The van der Waals surface area contributed by atoms with Crippen LogP contribution in [0.4, 0.5) is 0 Å². The predicted octanol–water partition coefficient (Wildman–Crippen LogP) is 1.80. The summed E-state index contributed by atoms with van der Waals surface area (Å²) < 4.78 is 1.04. The molecule has 4 heteroatoms. The van der Waals surface area contributed by atoms with Gasteiger partial charge in [0.05, 0.1) is 16.4 Å². The van der Waals surface area contributed by atoms with E-state index in [9.17, 15) is 0 Å². The van der Waals surface area contributed by atoms with Crippen molar-refractivity contribution in [2.75, 3.05) is 6.54 Å². The molecule has 1 heterocycles. The summed E-state index contributed by atoms with van der Waals surface area (Å²) in [5.41, 5.74) is 7.40. The summed E-state index contributed by atoms with van der Waals surface area (Å²) in [4.78, 5) is 0. The van der Waals surface area contributed by atoms with Crippen LogP contribution in [-0.4, -0.2) is 16.7 Å². The van der Waals surface area contributed by atoms with E-state index in [2.05, 4.69) is 40.0 Å². The van der Waals surface area contributed by atoms with Crippen LogP contribution in [-0.2, 0) is 5.41 Å². The van der Waals surface area contributed by atoms with Crippen molar-refractivity contribution < 1.29 is 0 Å². The Bertz CT molecular complexity index is 331. The van der Waals surface area contributed by atoms with Gasteiger partial charge in [-0.25, -0.2) is 0 Å². The summed E-state index contributed by atoms with van der Waals surface area (Å²) in [6.45, 7) is 5.17. The molecule has 1 aliphatic rings. The molecule has 0 aliphatic heterocycles. The van der Waals surface area contributed by atoms with Crippen LogP contribution >= 0.6 is 15.9 Å². The molecule has 2 rings (SSSR count). The lowest BCUT2D eigenvalue weighted by Crippen LogP contribution is -2.26. The number of aromatic amines is 1. The van der Waals surface area contributed by atoms with E-state index >= 15 is 0 Å². The van der Waals surface area contributed by atoms with Gasteiger partial charge in [-0.1, -0.05) is 13.8 Å². The van der Waals surface area contributed by atoms with Crippen LogP contribution < -0.4 is 5.73 Å². The minimum absolute atomic E-state index is 0.113. The van der Waals surface area contributed by atoms with E-state index < -0.39 is 0 Å². The quantitative estimate of drug-likeness (QED) is 0.833. The molecule has 3 nitrogen and oxygen atoms in total. The third-order valence-corrected chi connectivity index (χ3v) is 3.94. The monoisotopic (exact) mass is 243 g/mol. The second-order valence-corrected chi connectivity index (χ2v) is 5.29. The first kappa shape index (κ1) is 9.21. The van der Waals surface area contributed by atoms with Crippen LogP contribution in [0.15, 0.2) is 10.7 Å². The highest BCUT2D eigenvalue weighted by Gasteiger charge is 2.62. The summed E-state index contributed by atoms with van der Waals surface area (Å²) in [7, 11) is 0. The van der Waals surface area contributed by atoms with Crippen molar-refractivity contribution in [2.24, 2.45) is 11.1 Å². The molecule has 0 aromatic carbocycles. The highest BCUT2D eigenvalue weighted by atomic mass is 79.9. The lowest BCUT2D eigenvalue weighted by Gasteiger charge is -2.16. The van der Waals surface area contributed by atoms with E-state index in [0.29, 0.717) is 12.0 Å². The molecule has 3 N–H and O–H groups in total. The summed E-state index contributed by atoms with van der Waals surface area (Å²) in [5, 5.41) is 7.05. The molecular weight excluding hydrogens is 230 g/mol. The van der Waals surface area contributed by atoms with Gasteiger partial charge in [-0.3, -0.25) is 5.10 Å². The number of rotatable bonds is 2. The van der Waals surface area contributed by atoms with Crippen molar-refractivity contribution in [3.63, 3.8) is 0 Å². The van der Waals surface area contributed by atoms with Crippen molar-refractivity contribution >= 4 is 15.9 Å². The molecule has 0 radical (unpaired) electrons. The molecule has 13 heavy (non-hydrogen) atoms. The Morgan fingerprint density at radius 3 is 2.62 bits per heavy atom. The Morgan fingerprint density at radius 1 is 1.69 bits per heavy atom. The summed E-state index contributed by atoms with van der Waals surface area (Å²) >= 11 is 3.49. The van der Waals surface area contributed by atoms with Crippen LogP contribution in [0.2, 0.25) is 0 Å². The fraction of sp³-hybridized carbons (Fsp3) is 0.667. The van der Waals surface area contributed by atoms with E-state index in [-0.39, 0.29) is 5.41 Å². The maximum absolute atomic E-state index is 5.84. The van der Waals surface area contributed by atoms with Crippen LogP contribution in [0.1, 0.15) is 26.0 Å². The van der Waals surface area contributed by atoms with Gasteiger partial charge in [0.2, 0.25) is 0 Å². The molecule has 0 amide bonds. The highest BCUT2D eigenvalue weighted by Crippen LogP contribution is 2.64. The third-order valence-electron chi connectivity index (χ3n) is 3.33. The molecule has 1 saturated carbocycles. The van der Waals surface area contributed by atoms with Crippen molar-refractivity contribution in [2.45, 2.75) is 25.7 Å². The van der Waals surface area contributed by atoms with E-state index in [1.165, 1.54) is 0 Å². The number of nitrogens with one attached hydrogen (secondary N) is 1. The molecular formula is C9H14BrN3. The van der Waals surface area contributed by atoms with Crippen molar-refractivity contribution in [3.8, 4) is 0 Å². The van der Waals surface area contributed by atoms with Gasteiger partial charge in [0, 0.05) is 12.0 Å². The van der Waals surface area contributed by atoms with Gasteiger partial charge in [0.25, 0.3) is 0 Å². The van der Waals surface area contributed by atoms with E-state index in [0.717, 1.165) is 16.6 Å². The lowest BCUT2D eigenvalue weighted by molar-refractivity contribution is 0.491. The van der Waals surface area contributed by atoms with Gasteiger partial charge in [-0.2, -0.15) is 5.10 Å². The molecule has 1 aliphatic carbocycles. The zero-order valence-corrected chi connectivity index (χ0v) is 9.48. The van der Waals surface area contributed by atoms with Gasteiger partial charge in [-0.15, -0.1) is 0 Å². The van der Waals surface area contributed by atoms with Crippen molar-refractivity contribution in [1.29, 1.82) is 0 Å². The number of halogens is 1. The largest absolute Gasteiger partial charge is 0.330 e. The first-order valence-corrected chi connectivity index (χ1v) is 5.22. The predicted molar refractivity (Wildman–Crippen MR) is 55.4 cm³/mol. The zero-order chi connectivity index (χ0) is 9.69. The maximum atomic E-state index is 5.84. The van der Waals surface area contributed by atoms with Gasteiger partial charge in [0.1, 0.15) is 0 Å². The van der Waals surface area contributed by atoms with E-state index in [1.807, 2.05) is 0 Å². The molecule has 0 bridgehead atoms. The summed E-state index contributed by atoms with van der Waals surface area (Å²) in [6.07, 6.45) is 2.93. The van der Waals surface area contributed by atoms with Crippen LogP contribution in [0.25, 0.3) is 0 Å². The molecule has 1 atom stereocenters. The minimum Gasteiger partial charge on any atom is -0.330 e. The molecule has 1 aromatic heterocycles. The molecule has 1 aromatic rings. The van der Waals surface area contributed by atoms with E-state index in [4.69, 9.17) is 5.73 Å². The first-order valence-electron chi connectivity index (χ1n) is 4.43. The Morgan fingerprint density at radius 2 is 2.31 bits per heavy atom. The van der Waals surface area contributed by atoms with Gasteiger partial charge >= 0.3 is 0 Å². The lowest BCUT2D eigenvalue weighted by atomic mass is 9.92. The first-order chi connectivity index (χ1) is 6.03. The Balaban J connectivity index is 2.41. The highest BCUT2D eigenvalue weighted by molar-refractivity contribution is 9.10. The molecule has 0 spiro atoms. The average molecular weight is 244 g/mol. The van der Waals surface area contributed by atoms with Gasteiger partial charge in [-0.05, 0) is 27.8 Å². The fourth-order valence-corrected chi connectivity index (χ4v) is 2.77. The van der Waals surface area contributed by atoms with Crippen molar-refractivity contribution in [3.05, 3.63) is 16.4 Å². The summed E-state index contributed by atoms with van der Waals surface area (Å²) in [5.74, 6) is 0. The SMILES string of the molecule is CC1(C)CC1(CN)c1[nH]ncc1Br. The molecule has 1 unspecified atom stereocenters.